The van der Waals surface area contributed by atoms with Gasteiger partial charge in [0, 0.05) is 30.9 Å². The predicted octanol–water partition coefficient (Wildman–Crippen LogP) is 3.98. The van der Waals surface area contributed by atoms with Crippen LogP contribution >= 0.6 is 0 Å². The molecule has 1 atom stereocenters. The number of carbonyl (C=O) groups is 1. The Kier molecular flexibility index (Phi) is 5.20. The van der Waals surface area contributed by atoms with Crippen molar-refractivity contribution in [2.75, 3.05) is 13.7 Å². The summed E-state index contributed by atoms with van der Waals surface area (Å²) >= 11 is 0. The normalized spacial score (nSPS) is 15.7. The molecule has 2 aromatic heterocycles. The second-order valence-corrected chi connectivity index (χ2v) is 7.49. The maximum absolute atomic E-state index is 13.8. The molecule has 1 amide bonds. The van der Waals surface area contributed by atoms with Crippen LogP contribution in [0.1, 0.15) is 40.3 Å². The van der Waals surface area contributed by atoms with Gasteiger partial charge in [-0.15, -0.1) is 0 Å². The Morgan fingerprint density at radius 3 is 2.55 bits per heavy atom. The zero-order chi connectivity index (χ0) is 22.4. The summed E-state index contributed by atoms with van der Waals surface area (Å²) in [5.74, 6) is -3.82. The number of carbonyl (C=O) groups excluding carboxylic acids is 1. The number of rotatable bonds is 3. The Hall–Kier alpha value is -3.36. The molecule has 1 aromatic carbocycles. The third kappa shape index (κ3) is 3.34. The van der Waals surface area contributed by atoms with Gasteiger partial charge in [0.1, 0.15) is 0 Å². The molecule has 3 aromatic rings. The number of pyridine rings is 1. The number of aromatic nitrogens is 3. The van der Waals surface area contributed by atoms with Gasteiger partial charge in [0.05, 0.1) is 35.8 Å². The minimum atomic E-state index is -1.51. The summed E-state index contributed by atoms with van der Waals surface area (Å²) < 4.78 is 47.9. The number of amides is 1. The first-order valence-electron chi connectivity index (χ1n) is 9.75. The SMILES string of the molecule is COc1c(C(=O)N2CCc3c(nn(C)c3-c3cc(F)c(F)c(F)c3)[C@@H]2C)ccnc1C. The van der Waals surface area contributed by atoms with E-state index in [4.69, 9.17) is 4.74 Å². The number of methoxy groups -OCH3 is 1. The molecule has 162 valence electrons. The highest BCUT2D eigenvalue weighted by molar-refractivity contribution is 5.97. The summed E-state index contributed by atoms with van der Waals surface area (Å²) in [6, 6.07) is 3.15. The largest absolute Gasteiger partial charge is 0.494 e. The molecule has 4 rings (SSSR count). The Balaban J connectivity index is 1.73. The molecule has 0 bridgehead atoms. The number of halogens is 3. The molecule has 31 heavy (non-hydrogen) atoms. The highest BCUT2D eigenvalue weighted by Gasteiger charge is 2.34. The standard InChI is InChI=1S/C22H21F3N4O2/c1-11-21(31-4)15(5-7-26-11)22(30)29-8-6-14-19(12(29)2)27-28(3)20(14)13-9-16(23)18(25)17(24)10-13/h5,7,9-10,12H,6,8H2,1-4H3/t12-/m0/s1. The molecule has 0 radical (unpaired) electrons. The molecule has 9 heteroatoms. The molecule has 0 saturated heterocycles. The highest BCUT2D eigenvalue weighted by atomic mass is 19.2. The fourth-order valence-corrected chi connectivity index (χ4v) is 4.21. The molecule has 0 unspecified atom stereocenters. The van der Waals surface area contributed by atoms with Gasteiger partial charge < -0.3 is 9.64 Å². The Morgan fingerprint density at radius 1 is 1.23 bits per heavy atom. The van der Waals surface area contributed by atoms with Crippen molar-refractivity contribution in [1.29, 1.82) is 0 Å². The van der Waals surface area contributed by atoms with Crippen LogP contribution in [0, 0.1) is 24.4 Å². The van der Waals surface area contributed by atoms with E-state index in [1.165, 1.54) is 11.8 Å². The number of fused-ring (bicyclic) bond motifs is 1. The van der Waals surface area contributed by atoms with E-state index >= 15 is 0 Å². The van der Waals surface area contributed by atoms with E-state index in [0.717, 1.165) is 17.7 Å². The third-order valence-electron chi connectivity index (χ3n) is 5.68. The smallest absolute Gasteiger partial charge is 0.258 e. The molecule has 3 heterocycles. The van der Waals surface area contributed by atoms with Gasteiger partial charge in [-0.3, -0.25) is 14.5 Å². The van der Waals surface area contributed by atoms with E-state index in [1.54, 1.807) is 31.1 Å². The van der Waals surface area contributed by atoms with Crippen LogP contribution in [0.3, 0.4) is 0 Å². The van der Waals surface area contributed by atoms with Crippen LogP contribution < -0.4 is 4.74 Å². The van der Waals surface area contributed by atoms with E-state index in [1.807, 2.05) is 6.92 Å². The Labute approximate surface area is 177 Å². The number of ether oxygens (including phenoxy) is 1. The fourth-order valence-electron chi connectivity index (χ4n) is 4.21. The van der Waals surface area contributed by atoms with Crippen LogP contribution in [0.5, 0.6) is 5.75 Å². The maximum Gasteiger partial charge on any atom is 0.258 e. The van der Waals surface area contributed by atoms with Crippen LogP contribution in [0.2, 0.25) is 0 Å². The van der Waals surface area contributed by atoms with Crippen molar-refractivity contribution in [3.8, 4) is 17.0 Å². The molecule has 0 aliphatic carbocycles. The predicted molar refractivity (Wildman–Crippen MR) is 107 cm³/mol. The minimum Gasteiger partial charge on any atom is -0.494 e. The number of nitrogens with zero attached hydrogens (tertiary/aromatic N) is 4. The van der Waals surface area contributed by atoms with Gasteiger partial charge in [-0.1, -0.05) is 0 Å². The second-order valence-electron chi connectivity index (χ2n) is 7.49. The van der Waals surface area contributed by atoms with E-state index < -0.39 is 17.5 Å². The molecular formula is C22H21F3N4O2. The first-order valence-corrected chi connectivity index (χ1v) is 9.75. The third-order valence-corrected chi connectivity index (χ3v) is 5.68. The molecule has 0 spiro atoms. The average molecular weight is 430 g/mol. The molecule has 6 nitrogen and oxygen atoms in total. The van der Waals surface area contributed by atoms with Gasteiger partial charge in [0.2, 0.25) is 0 Å². The van der Waals surface area contributed by atoms with Crippen LogP contribution in [0.25, 0.3) is 11.3 Å². The summed E-state index contributed by atoms with van der Waals surface area (Å²) in [6.07, 6.45) is 1.99. The molecule has 1 aliphatic rings. The molecule has 0 saturated carbocycles. The van der Waals surface area contributed by atoms with E-state index in [9.17, 15) is 18.0 Å². The highest BCUT2D eigenvalue weighted by Crippen LogP contribution is 2.37. The van der Waals surface area contributed by atoms with Crippen molar-refractivity contribution in [2.24, 2.45) is 7.05 Å². The molecule has 0 N–H and O–H groups in total. The lowest BCUT2D eigenvalue weighted by molar-refractivity contribution is 0.0670. The fraction of sp³-hybridized carbons (Fsp3) is 0.318. The first kappa shape index (κ1) is 20.9. The van der Waals surface area contributed by atoms with Crippen molar-refractivity contribution in [1.82, 2.24) is 19.7 Å². The summed E-state index contributed by atoms with van der Waals surface area (Å²) in [4.78, 5) is 19.1. The minimum absolute atomic E-state index is 0.200. The van der Waals surface area contributed by atoms with Gasteiger partial charge >= 0.3 is 0 Å². The van der Waals surface area contributed by atoms with Gasteiger partial charge in [0.15, 0.2) is 23.2 Å². The number of benzene rings is 1. The first-order chi connectivity index (χ1) is 14.7. The lowest BCUT2D eigenvalue weighted by Gasteiger charge is -2.33. The maximum atomic E-state index is 13.8. The summed E-state index contributed by atoms with van der Waals surface area (Å²) in [7, 11) is 3.14. The van der Waals surface area contributed by atoms with Crippen molar-refractivity contribution in [3.63, 3.8) is 0 Å². The van der Waals surface area contributed by atoms with Crippen molar-refractivity contribution < 1.29 is 22.7 Å². The van der Waals surface area contributed by atoms with Crippen LogP contribution in [-0.4, -0.2) is 39.2 Å². The van der Waals surface area contributed by atoms with Gasteiger partial charge in [0.25, 0.3) is 5.91 Å². The lowest BCUT2D eigenvalue weighted by Crippen LogP contribution is -2.39. The number of aryl methyl sites for hydroxylation is 2. The number of hydrogen-bond acceptors (Lipinski definition) is 4. The zero-order valence-electron chi connectivity index (χ0n) is 17.5. The van der Waals surface area contributed by atoms with Crippen LogP contribution in [0.4, 0.5) is 13.2 Å². The lowest BCUT2D eigenvalue weighted by atomic mass is 9.95. The van der Waals surface area contributed by atoms with E-state index in [0.29, 0.717) is 41.4 Å². The van der Waals surface area contributed by atoms with Crippen molar-refractivity contribution in [2.45, 2.75) is 26.3 Å². The molecule has 0 fully saturated rings. The topological polar surface area (TPSA) is 60.2 Å². The van der Waals surface area contributed by atoms with Gasteiger partial charge in [-0.25, -0.2) is 13.2 Å². The van der Waals surface area contributed by atoms with Gasteiger partial charge in [-0.05, 0) is 38.5 Å². The quantitative estimate of drug-likeness (QED) is 0.590. The van der Waals surface area contributed by atoms with Gasteiger partial charge in [-0.2, -0.15) is 5.10 Å². The Morgan fingerprint density at radius 2 is 1.90 bits per heavy atom. The summed E-state index contributed by atoms with van der Waals surface area (Å²) in [5, 5.41) is 4.52. The Bertz CT molecular complexity index is 1170. The van der Waals surface area contributed by atoms with Crippen LogP contribution in [-0.2, 0) is 13.5 Å². The average Bonchev–Trinajstić information content (AvgIpc) is 3.08. The zero-order valence-corrected chi connectivity index (χ0v) is 17.5. The van der Waals surface area contributed by atoms with E-state index in [2.05, 4.69) is 10.1 Å². The monoisotopic (exact) mass is 430 g/mol. The summed E-state index contributed by atoms with van der Waals surface area (Å²) in [6.45, 7) is 3.99. The van der Waals surface area contributed by atoms with Crippen molar-refractivity contribution >= 4 is 5.91 Å². The molecular weight excluding hydrogens is 409 g/mol. The second kappa shape index (κ2) is 7.72. The van der Waals surface area contributed by atoms with Crippen LogP contribution in [0.15, 0.2) is 24.4 Å². The van der Waals surface area contributed by atoms with Crippen molar-refractivity contribution in [3.05, 3.63) is 64.4 Å². The van der Waals surface area contributed by atoms with E-state index in [-0.39, 0.29) is 17.5 Å². The summed E-state index contributed by atoms with van der Waals surface area (Å²) in [5.41, 5.74) is 3.13. The molecule has 1 aliphatic heterocycles. The number of hydrogen-bond donors (Lipinski definition) is 0.